The molecule has 2 heterocycles. The van der Waals surface area contributed by atoms with E-state index in [9.17, 15) is 0 Å². The van der Waals surface area contributed by atoms with Crippen molar-refractivity contribution in [3.63, 3.8) is 0 Å². The summed E-state index contributed by atoms with van der Waals surface area (Å²) in [5.41, 5.74) is 8.90. The van der Waals surface area contributed by atoms with Gasteiger partial charge < -0.3 is 16.0 Å². The summed E-state index contributed by atoms with van der Waals surface area (Å²) >= 11 is 0. The van der Waals surface area contributed by atoms with Crippen LogP contribution in [-0.2, 0) is 0 Å². The number of nitrogens with zero attached hydrogens (tertiary/aromatic N) is 2. The van der Waals surface area contributed by atoms with Crippen molar-refractivity contribution in [1.29, 1.82) is 0 Å². The summed E-state index contributed by atoms with van der Waals surface area (Å²) in [6.07, 6.45) is 4.23. The fourth-order valence-electron chi connectivity index (χ4n) is 2.64. The number of benzene rings is 1. The van der Waals surface area contributed by atoms with Crippen LogP contribution < -0.4 is 11.1 Å². The number of anilines is 2. The smallest absolute Gasteiger partial charge is 0.0672 e. The van der Waals surface area contributed by atoms with E-state index in [1.165, 1.54) is 19.4 Å². The molecule has 0 spiro atoms. The van der Waals surface area contributed by atoms with Crippen LogP contribution in [0.5, 0.6) is 0 Å². The number of nitrogen functional groups attached to an aromatic ring is 1. The minimum Gasteiger partial charge on any atom is -0.397 e. The Morgan fingerprint density at radius 3 is 3.22 bits per heavy atom. The molecule has 1 fully saturated rings. The number of fused-ring (bicyclic) bond motifs is 1. The van der Waals surface area contributed by atoms with E-state index in [1.54, 1.807) is 6.20 Å². The first-order valence-electron chi connectivity index (χ1n) is 6.40. The second-order valence-corrected chi connectivity index (χ2v) is 5.14. The zero-order valence-corrected chi connectivity index (χ0v) is 10.6. The molecule has 1 aromatic heterocycles. The highest BCUT2D eigenvalue weighted by Gasteiger charge is 2.17. The summed E-state index contributed by atoms with van der Waals surface area (Å²) in [7, 11) is 2.16. The number of rotatable bonds is 2. The van der Waals surface area contributed by atoms with E-state index >= 15 is 0 Å². The van der Waals surface area contributed by atoms with Crippen molar-refractivity contribution in [3.05, 3.63) is 18.3 Å². The average Bonchev–Trinajstić information content (AvgIpc) is 2.76. The Labute approximate surface area is 106 Å². The number of nitrogens with one attached hydrogen (secondary N) is 2. The first-order chi connectivity index (χ1) is 8.72. The van der Waals surface area contributed by atoms with Crippen molar-refractivity contribution in [2.75, 3.05) is 31.2 Å². The summed E-state index contributed by atoms with van der Waals surface area (Å²) < 4.78 is 0. The number of aromatic nitrogens is 2. The SMILES string of the molecule is CN1CCCC(Nc2cc3[nH]ncc3cc2N)C1. The zero-order valence-electron chi connectivity index (χ0n) is 10.6. The van der Waals surface area contributed by atoms with Gasteiger partial charge in [0.05, 0.1) is 23.1 Å². The fourth-order valence-corrected chi connectivity index (χ4v) is 2.64. The van der Waals surface area contributed by atoms with Gasteiger partial charge in [0, 0.05) is 18.0 Å². The summed E-state index contributed by atoms with van der Waals surface area (Å²) in [5.74, 6) is 0. The quantitative estimate of drug-likeness (QED) is 0.704. The van der Waals surface area contributed by atoms with E-state index in [2.05, 4.69) is 27.5 Å². The van der Waals surface area contributed by atoms with Gasteiger partial charge in [0.25, 0.3) is 0 Å². The van der Waals surface area contributed by atoms with E-state index in [-0.39, 0.29) is 0 Å². The first kappa shape index (κ1) is 11.3. The standard InChI is InChI=1S/C13H19N5/c1-18-4-2-3-10(8-18)16-13-6-12-9(5-11(13)14)7-15-17-12/h5-7,10,16H,2-4,8,14H2,1H3,(H,15,17). The van der Waals surface area contributed by atoms with Crippen LogP contribution in [0.4, 0.5) is 11.4 Å². The Morgan fingerprint density at radius 2 is 2.39 bits per heavy atom. The number of likely N-dealkylation sites (tertiary alicyclic amines) is 1. The van der Waals surface area contributed by atoms with Crippen molar-refractivity contribution in [2.24, 2.45) is 0 Å². The lowest BCUT2D eigenvalue weighted by Crippen LogP contribution is -2.39. The minimum absolute atomic E-state index is 0.478. The zero-order chi connectivity index (χ0) is 12.5. The highest BCUT2D eigenvalue weighted by Crippen LogP contribution is 2.26. The number of H-pyrrole nitrogens is 1. The Bertz CT molecular complexity index is 547. The molecule has 5 heteroatoms. The molecular weight excluding hydrogens is 226 g/mol. The van der Waals surface area contributed by atoms with Crippen molar-refractivity contribution < 1.29 is 0 Å². The molecular formula is C13H19N5. The van der Waals surface area contributed by atoms with Gasteiger partial charge in [0.2, 0.25) is 0 Å². The van der Waals surface area contributed by atoms with Crippen LogP contribution in [0.25, 0.3) is 10.9 Å². The highest BCUT2D eigenvalue weighted by molar-refractivity contribution is 5.88. The molecule has 1 unspecified atom stereocenters. The number of piperidine rings is 1. The number of nitrogens with two attached hydrogens (primary N) is 1. The summed E-state index contributed by atoms with van der Waals surface area (Å²) in [6, 6.07) is 4.49. The van der Waals surface area contributed by atoms with E-state index < -0.39 is 0 Å². The van der Waals surface area contributed by atoms with E-state index in [1.807, 2.05) is 12.1 Å². The molecule has 0 amide bonds. The third-order valence-corrected chi connectivity index (χ3v) is 3.59. The van der Waals surface area contributed by atoms with Crippen LogP contribution >= 0.6 is 0 Å². The van der Waals surface area contributed by atoms with Gasteiger partial charge in [-0.3, -0.25) is 5.10 Å². The maximum Gasteiger partial charge on any atom is 0.0672 e. The van der Waals surface area contributed by atoms with Crippen molar-refractivity contribution in [3.8, 4) is 0 Å². The van der Waals surface area contributed by atoms with Crippen LogP contribution in [-0.4, -0.2) is 41.3 Å². The van der Waals surface area contributed by atoms with Crippen LogP contribution in [0.2, 0.25) is 0 Å². The van der Waals surface area contributed by atoms with Crippen molar-refractivity contribution >= 4 is 22.3 Å². The third kappa shape index (κ3) is 2.13. The van der Waals surface area contributed by atoms with Crippen molar-refractivity contribution in [2.45, 2.75) is 18.9 Å². The Balaban J connectivity index is 1.82. The Morgan fingerprint density at radius 1 is 1.50 bits per heavy atom. The highest BCUT2D eigenvalue weighted by atomic mass is 15.1. The first-order valence-corrected chi connectivity index (χ1v) is 6.40. The van der Waals surface area contributed by atoms with Crippen LogP contribution in [0.1, 0.15) is 12.8 Å². The van der Waals surface area contributed by atoms with Crippen LogP contribution in [0.15, 0.2) is 18.3 Å². The lowest BCUT2D eigenvalue weighted by molar-refractivity contribution is 0.261. The lowest BCUT2D eigenvalue weighted by atomic mass is 10.1. The molecule has 2 aromatic rings. The number of likely N-dealkylation sites (N-methyl/N-ethyl adjacent to an activating group) is 1. The van der Waals surface area contributed by atoms with E-state index in [0.717, 1.165) is 28.8 Å². The average molecular weight is 245 g/mol. The molecule has 4 N–H and O–H groups in total. The normalized spacial score (nSPS) is 21.3. The minimum atomic E-state index is 0.478. The van der Waals surface area contributed by atoms with Gasteiger partial charge in [-0.2, -0.15) is 5.10 Å². The predicted molar refractivity (Wildman–Crippen MR) is 74.6 cm³/mol. The molecule has 96 valence electrons. The maximum atomic E-state index is 6.08. The monoisotopic (exact) mass is 245 g/mol. The Kier molecular flexibility index (Phi) is 2.83. The molecule has 1 aliphatic heterocycles. The molecule has 18 heavy (non-hydrogen) atoms. The summed E-state index contributed by atoms with van der Waals surface area (Å²) in [5, 5.41) is 11.6. The summed E-state index contributed by atoms with van der Waals surface area (Å²) in [6.45, 7) is 2.26. The molecule has 1 aromatic carbocycles. The van der Waals surface area contributed by atoms with E-state index in [4.69, 9.17) is 5.73 Å². The third-order valence-electron chi connectivity index (χ3n) is 3.59. The molecule has 1 atom stereocenters. The van der Waals surface area contributed by atoms with Gasteiger partial charge in [0.1, 0.15) is 0 Å². The molecule has 1 aliphatic rings. The van der Waals surface area contributed by atoms with Gasteiger partial charge in [-0.25, -0.2) is 0 Å². The second-order valence-electron chi connectivity index (χ2n) is 5.14. The van der Waals surface area contributed by atoms with Crippen LogP contribution in [0.3, 0.4) is 0 Å². The lowest BCUT2D eigenvalue weighted by Gasteiger charge is -2.31. The predicted octanol–water partition coefficient (Wildman–Crippen LogP) is 1.65. The second kappa shape index (κ2) is 4.49. The number of hydrogen-bond donors (Lipinski definition) is 3. The van der Waals surface area contributed by atoms with Gasteiger partial charge >= 0.3 is 0 Å². The number of hydrogen-bond acceptors (Lipinski definition) is 4. The van der Waals surface area contributed by atoms with Crippen LogP contribution in [0, 0.1) is 0 Å². The molecule has 0 bridgehead atoms. The maximum absolute atomic E-state index is 6.08. The molecule has 1 saturated heterocycles. The topological polar surface area (TPSA) is 70.0 Å². The van der Waals surface area contributed by atoms with E-state index in [0.29, 0.717) is 6.04 Å². The van der Waals surface area contributed by atoms with Gasteiger partial charge in [-0.15, -0.1) is 0 Å². The Hall–Kier alpha value is -1.75. The molecule has 0 saturated carbocycles. The van der Waals surface area contributed by atoms with Crippen molar-refractivity contribution in [1.82, 2.24) is 15.1 Å². The number of aromatic amines is 1. The van der Waals surface area contributed by atoms with Gasteiger partial charge in [-0.1, -0.05) is 0 Å². The molecule has 0 radical (unpaired) electrons. The largest absolute Gasteiger partial charge is 0.397 e. The molecule has 5 nitrogen and oxygen atoms in total. The van der Waals surface area contributed by atoms with Gasteiger partial charge in [0.15, 0.2) is 0 Å². The molecule has 3 rings (SSSR count). The summed E-state index contributed by atoms with van der Waals surface area (Å²) in [4.78, 5) is 2.35. The molecule has 0 aliphatic carbocycles. The van der Waals surface area contributed by atoms with Gasteiger partial charge in [-0.05, 0) is 38.6 Å². The fraction of sp³-hybridized carbons (Fsp3) is 0.462.